The highest BCUT2D eigenvalue weighted by Gasteiger charge is 2.10. The largest absolute Gasteiger partial charge is 0.321 e. The molecule has 8 heteroatoms. The van der Waals surface area contributed by atoms with Crippen LogP contribution in [-0.4, -0.2) is 26.1 Å². The monoisotopic (exact) mass is 319 g/mol. The van der Waals surface area contributed by atoms with Crippen molar-refractivity contribution in [1.29, 1.82) is 0 Å². The van der Waals surface area contributed by atoms with Gasteiger partial charge in [-0.05, 0) is 47.2 Å². The summed E-state index contributed by atoms with van der Waals surface area (Å²) < 4.78 is 2.13. The molecule has 106 valence electrons. The van der Waals surface area contributed by atoms with Crippen LogP contribution in [0.2, 0.25) is 4.34 Å². The number of nitrogens with one attached hydrogen (secondary N) is 1. The van der Waals surface area contributed by atoms with E-state index in [1.807, 2.05) is 25.1 Å². The van der Waals surface area contributed by atoms with E-state index in [-0.39, 0.29) is 5.91 Å². The van der Waals surface area contributed by atoms with Gasteiger partial charge in [0.1, 0.15) is 6.33 Å². The highest BCUT2D eigenvalue weighted by Crippen LogP contribution is 2.23. The summed E-state index contributed by atoms with van der Waals surface area (Å²) in [7, 11) is 0. The van der Waals surface area contributed by atoms with Gasteiger partial charge in [-0.2, -0.15) is 0 Å². The molecule has 0 unspecified atom stereocenters. The fraction of sp³-hybridized carbons (Fsp3) is 0.0769. The Kier molecular flexibility index (Phi) is 3.68. The van der Waals surface area contributed by atoms with Crippen LogP contribution in [0.4, 0.5) is 5.69 Å². The van der Waals surface area contributed by atoms with E-state index in [0.29, 0.717) is 14.9 Å². The molecule has 1 aromatic carbocycles. The quantitative estimate of drug-likeness (QED) is 0.805. The summed E-state index contributed by atoms with van der Waals surface area (Å²) in [5, 5.41) is 13.9. The minimum Gasteiger partial charge on any atom is -0.321 e. The summed E-state index contributed by atoms with van der Waals surface area (Å²) in [5.41, 5.74) is 2.47. The first-order chi connectivity index (χ1) is 10.1. The number of anilines is 1. The number of amides is 1. The normalized spacial score (nSPS) is 10.6. The van der Waals surface area contributed by atoms with Crippen molar-refractivity contribution in [2.45, 2.75) is 6.92 Å². The van der Waals surface area contributed by atoms with E-state index in [0.717, 1.165) is 11.3 Å². The van der Waals surface area contributed by atoms with Gasteiger partial charge < -0.3 is 5.32 Å². The number of aryl methyl sites for hydroxylation is 1. The number of thiophene rings is 1. The molecule has 0 radical (unpaired) electrons. The standard InChI is InChI=1S/C13H10ClN5OS/c1-8-2-3-9(6-10(8)19-7-15-17-18-19)16-13(20)11-4-5-12(14)21-11/h2-7H,1H3,(H,16,20). The topological polar surface area (TPSA) is 72.7 Å². The van der Waals surface area contributed by atoms with Crippen LogP contribution < -0.4 is 5.32 Å². The average Bonchev–Trinajstić information content (AvgIpc) is 3.12. The predicted octanol–water partition coefficient (Wildman–Crippen LogP) is 2.94. The highest BCUT2D eigenvalue weighted by molar-refractivity contribution is 7.18. The van der Waals surface area contributed by atoms with Gasteiger partial charge >= 0.3 is 0 Å². The maximum absolute atomic E-state index is 12.1. The second kappa shape index (κ2) is 5.63. The second-order valence-electron chi connectivity index (χ2n) is 4.31. The van der Waals surface area contributed by atoms with Crippen LogP contribution in [0.25, 0.3) is 5.69 Å². The molecule has 1 N–H and O–H groups in total. The van der Waals surface area contributed by atoms with Gasteiger partial charge in [0, 0.05) is 5.69 Å². The van der Waals surface area contributed by atoms with Crippen LogP contribution in [0, 0.1) is 6.92 Å². The number of carbonyl (C=O) groups is 1. The molecular weight excluding hydrogens is 310 g/mol. The number of rotatable bonds is 3. The molecule has 1 amide bonds. The first-order valence-corrected chi connectivity index (χ1v) is 7.23. The Morgan fingerprint density at radius 3 is 2.86 bits per heavy atom. The van der Waals surface area contributed by atoms with E-state index < -0.39 is 0 Å². The predicted molar refractivity (Wildman–Crippen MR) is 81.2 cm³/mol. The van der Waals surface area contributed by atoms with Gasteiger partial charge in [-0.3, -0.25) is 4.79 Å². The van der Waals surface area contributed by atoms with Crippen molar-refractivity contribution in [3.8, 4) is 5.69 Å². The third-order valence-electron chi connectivity index (χ3n) is 2.86. The molecule has 0 saturated carbocycles. The Hall–Kier alpha value is -2.25. The fourth-order valence-electron chi connectivity index (χ4n) is 1.83. The summed E-state index contributed by atoms with van der Waals surface area (Å²) in [6.45, 7) is 1.95. The second-order valence-corrected chi connectivity index (χ2v) is 6.03. The minimum atomic E-state index is -0.196. The van der Waals surface area contributed by atoms with Gasteiger partial charge in [0.05, 0.1) is 14.9 Å². The van der Waals surface area contributed by atoms with Gasteiger partial charge in [-0.1, -0.05) is 17.7 Å². The molecule has 0 aliphatic rings. The number of nitrogens with zero attached hydrogens (tertiary/aromatic N) is 4. The lowest BCUT2D eigenvalue weighted by molar-refractivity contribution is 0.103. The van der Waals surface area contributed by atoms with Gasteiger partial charge in [-0.15, -0.1) is 16.4 Å². The van der Waals surface area contributed by atoms with E-state index in [2.05, 4.69) is 20.8 Å². The Balaban J connectivity index is 1.86. The van der Waals surface area contributed by atoms with E-state index in [1.165, 1.54) is 17.7 Å². The third kappa shape index (κ3) is 2.93. The highest BCUT2D eigenvalue weighted by atomic mass is 35.5. The molecule has 21 heavy (non-hydrogen) atoms. The maximum atomic E-state index is 12.1. The molecule has 0 atom stereocenters. The number of benzene rings is 1. The van der Waals surface area contributed by atoms with Crippen molar-refractivity contribution in [3.05, 3.63) is 51.4 Å². The molecule has 0 fully saturated rings. The van der Waals surface area contributed by atoms with Crippen molar-refractivity contribution in [3.63, 3.8) is 0 Å². The molecule has 2 aromatic heterocycles. The summed E-state index contributed by atoms with van der Waals surface area (Å²) >= 11 is 7.07. The van der Waals surface area contributed by atoms with Crippen LogP contribution in [-0.2, 0) is 0 Å². The number of tetrazole rings is 1. The molecule has 0 aliphatic carbocycles. The minimum absolute atomic E-state index is 0.196. The van der Waals surface area contributed by atoms with Crippen LogP contribution in [0.5, 0.6) is 0 Å². The van der Waals surface area contributed by atoms with Gasteiger partial charge in [-0.25, -0.2) is 4.68 Å². The Morgan fingerprint density at radius 1 is 1.33 bits per heavy atom. The SMILES string of the molecule is Cc1ccc(NC(=O)c2ccc(Cl)s2)cc1-n1cnnn1. The summed E-state index contributed by atoms with van der Waals surface area (Å²) in [4.78, 5) is 12.7. The smallest absolute Gasteiger partial charge is 0.265 e. The van der Waals surface area contributed by atoms with Crippen molar-refractivity contribution in [1.82, 2.24) is 20.2 Å². The maximum Gasteiger partial charge on any atom is 0.265 e. The van der Waals surface area contributed by atoms with Crippen molar-refractivity contribution >= 4 is 34.5 Å². The Labute approximate surface area is 129 Å². The summed E-state index contributed by atoms with van der Waals surface area (Å²) in [6, 6.07) is 8.94. The molecule has 2 heterocycles. The number of halogens is 1. The van der Waals surface area contributed by atoms with Gasteiger partial charge in [0.15, 0.2) is 0 Å². The number of hydrogen-bond acceptors (Lipinski definition) is 5. The van der Waals surface area contributed by atoms with Gasteiger partial charge in [0.2, 0.25) is 0 Å². The number of carbonyl (C=O) groups excluding carboxylic acids is 1. The van der Waals surface area contributed by atoms with E-state index >= 15 is 0 Å². The van der Waals surface area contributed by atoms with Gasteiger partial charge in [0.25, 0.3) is 5.91 Å². The lowest BCUT2D eigenvalue weighted by Gasteiger charge is -2.08. The van der Waals surface area contributed by atoms with Crippen molar-refractivity contribution < 1.29 is 4.79 Å². The zero-order valence-corrected chi connectivity index (χ0v) is 12.5. The molecule has 6 nitrogen and oxygen atoms in total. The van der Waals surface area contributed by atoms with Crippen LogP contribution in [0.1, 0.15) is 15.2 Å². The Bertz CT molecular complexity index is 784. The lowest BCUT2D eigenvalue weighted by atomic mass is 10.2. The number of hydrogen-bond donors (Lipinski definition) is 1. The fourth-order valence-corrected chi connectivity index (χ4v) is 2.77. The third-order valence-corrected chi connectivity index (χ3v) is 4.09. The van der Waals surface area contributed by atoms with Crippen molar-refractivity contribution in [2.75, 3.05) is 5.32 Å². The lowest BCUT2D eigenvalue weighted by Crippen LogP contribution is -2.10. The Morgan fingerprint density at radius 2 is 2.19 bits per heavy atom. The van der Waals surface area contributed by atoms with Crippen LogP contribution >= 0.6 is 22.9 Å². The zero-order valence-electron chi connectivity index (χ0n) is 10.9. The average molecular weight is 320 g/mol. The molecule has 0 saturated heterocycles. The summed E-state index contributed by atoms with van der Waals surface area (Å²) in [5.74, 6) is -0.196. The molecule has 0 aliphatic heterocycles. The first-order valence-electron chi connectivity index (χ1n) is 6.04. The zero-order chi connectivity index (χ0) is 14.8. The summed E-state index contributed by atoms with van der Waals surface area (Å²) in [6.07, 6.45) is 1.51. The van der Waals surface area contributed by atoms with E-state index in [1.54, 1.807) is 16.8 Å². The van der Waals surface area contributed by atoms with Crippen LogP contribution in [0.3, 0.4) is 0 Å². The van der Waals surface area contributed by atoms with Crippen molar-refractivity contribution in [2.24, 2.45) is 0 Å². The molecular formula is C13H10ClN5OS. The van der Waals surface area contributed by atoms with Crippen LogP contribution in [0.15, 0.2) is 36.7 Å². The molecule has 3 aromatic rings. The first kappa shape index (κ1) is 13.7. The van der Waals surface area contributed by atoms with E-state index in [9.17, 15) is 4.79 Å². The molecule has 0 bridgehead atoms. The van der Waals surface area contributed by atoms with E-state index in [4.69, 9.17) is 11.6 Å². The number of aromatic nitrogens is 4. The molecule has 3 rings (SSSR count). The molecule has 0 spiro atoms.